The van der Waals surface area contributed by atoms with Gasteiger partial charge in [-0.25, -0.2) is 13.1 Å². The van der Waals surface area contributed by atoms with Crippen LogP contribution >= 0.6 is 0 Å². The van der Waals surface area contributed by atoms with Crippen LogP contribution in [0.4, 0.5) is 0 Å². The van der Waals surface area contributed by atoms with Crippen molar-refractivity contribution in [1.29, 1.82) is 0 Å². The molecule has 0 aliphatic carbocycles. The normalized spacial score (nSPS) is 14.9. The number of aliphatic hydroxyl groups is 1. The van der Waals surface area contributed by atoms with Gasteiger partial charge in [0.25, 0.3) is 0 Å². The lowest BCUT2D eigenvalue weighted by molar-refractivity contribution is 0.254. The van der Waals surface area contributed by atoms with Crippen molar-refractivity contribution in [3.63, 3.8) is 0 Å². The molecule has 0 aromatic carbocycles. The molecule has 0 spiro atoms. The Labute approximate surface area is 106 Å². The van der Waals surface area contributed by atoms with Crippen LogP contribution in [0.2, 0.25) is 0 Å². The van der Waals surface area contributed by atoms with E-state index in [9.17, 15) is 8.42 Å². The lowest BCUT2D eigenvalue weighted by Gasteiger charge is -2.19. The van der Waals surface area contributed by atoms with Crippen LogP contribution in [0.3, 0.4) is 0 Å². The van der Waals surface area contributed by atoms with E-state index < -0.39 is 10.0 Å². The average Bonchev–Trinajstić information content (AvgIpc) is 2.21. The highest BCUT2D eigenvalue weighted by Gasteiger charge is 2.18. The van der Waals surface area contributed by atoms with Crippen molar-refractivity contribution in [3.8, 4) is 0 Å². The average molecular weight is 265 g/mol. The largest absolute Gasteiger partial charge is 0.396 e. The second kappa shape index (κ2) is 7.34. The first-order chi connectivity index (χ1) is 7.70. The lowest BCUT2D eigenvalue weighted by Crippen LogP contribution is -2.32. The maximum absolute atomic E-state index is 11.7. The summed E-state index contributed by atoms with van der Waals surface area (Å²) < 4.78 is 26.1. The van der Waals surface area contributed by atoms with Crippen LogP contribution in [0.5, 0.6) is 0 Å². The Kier molecular flexibility index (Phi) is 7.28. The van der Waals surface area contributed by atoms with Gasteiger partial charge in [-0.2, -0.15) is 0 Å². The molecule has 0 aromatic heterocycles. The Hall–Kier alpha value is -0.130. The van der Waals surface area contributed by atoms with E-state index in [0.29, 0.717) is 19.4 Å². The summed E-state index contributed by atoms with van der Waals surface area (Å²) in [6, 6.07) is 0. The summed E-state index contributed by atoms with van der Waals surface area (Å²) in [5, 5.41) is 8.83. The van der Waals surface area contributed by atoms with Gasteiger partial charge in [-0.15, -0.1) is 0 Å². The molecule has 0 rings (SSSR count). The lowest BCUT2D eigenvalue weighted by atomic mass is 9.94. The Balaban J connectivity index is 4.09. The number of aliphatic hydroxyl groups excluding tert-OH is 1. The Morgan fingerprint density at radius 3 is 2.29 bits per heavy atom. The summed E-state index contributed by atoms with van der Waals surface area (Å²) in [7, 11) is -3.17. The van der Waals surface area contributed by atoms with Crippen molar-refractivity contribution < 1.29 is 13.5 Å². The van der Waals surface area contributed by atoms with Crippen LogP contribution in [0, 0.1) is 11.3 Å². The summed E-state index contributed by atoms with van der Waals surface area (Å²) in [6.07, 6.45) is 2.18. The number of rotatable bonds is 8. The third kappa shape index (κ3) is 9.56. The van der Waals surface area contributed by atoms with Gasteiger partial charge in [-0.3, -0.25) is 0 Å². The van der Waals surface area contributed by atoms with Gasteiger partial charge in [0, 0.05) is 13.2 Å². The van der Waals surface area contributed by atoms with E-state index in [-0.39, 0.29) is 23.7 Å². The fourth-order valence-electron chi connectivity index (χ4n) is 1.39. The summed E-state index contributed by atoms with van der Waals surface area (Å²) >= 11 is 0. The van der Waals surface area contributed by atoms with Crippen molar-refractivity contribution in [2.45, 2.75) is 47.0 Å². The molecule has 0 saturated carbocycles. The minimum Gasteiger partial charge on any atom is -0.396 e. The maximum atomic E-state index is 11.7. The molecule has 0 radical (unpaired) electrons. The van der Waals surface area contributed by atoms with E-state index in [0.717, 1.165) is 6.42 Å². The summed E-state index contributed by atoms with van der Waals surface area (Å²) in [4.78, 5) is 0. The van der Waals surface area contributed by atoms with Crippen molar-refractivity contribution >= 4 is 10.0 Å². The van der Waals surface area contributed by atoms with Crippen molar-refractivity contribution in [2.75, 3.05) is 18.9 Å². The molecule has 0 aromatic rings. The highest BCUT2D eigenvalue weighted by Crippen LogP contribution is 2.19. The van der Waals surface area contributed by atoms with Gasteiger partial charge in [0.15, 0.2) is 0 Å². The van der Waals surface area contributed by atoms with E-state index in [2.05, 4.69) is 4.72 Å². The first-order valence-electron chi connectivity index (χ1n) is 6.28. The van der Waals surface area contributed by atoms with Gasteiger partial charge < -0.3 is 5.11 Å². The van der Waals surface area contributed by atoms with Gasteiger partial charge in [0.05, 0.1) is 5.75 Å². The van der Waals surface area contributed by atoms with Crippen LogP contribution < -0.4 is 4.72 Å². The summed E-state index contributed by atoms with van der Waals surface area (Å²) in [6.45, 7) is 8.64. The van der Waals surface area contributed by atoms with Crippen LogP contribution in [0.1, 0.15) is 47.0 Å². The predicted octanol–water partition coefficient (Wildman–Crippen LogP) is 1.75. The summed E-state index contributed by atoms with van der Waals surface area (Å²) in [5.41, 5.74) is 0.0318. The zero-order valence-corrected chi connectivity index (χ0v) is 12.3. The van der Waals surface area contributed by atoms with E-state index in [1.54, 1.807) is 0 Å². The van der Waals surface area contributed by atoms with E-state index in [1.165, 1.54) is 0 Å². The molecule has 0 aliphatic rings. The molecular weight excluding hydrogens is 238 g/mol. The van der Waals surface area contributed by atoms with Crippen LogP contribution in [-0.2, 0) is 10.0 Å². The fraction of sp³-hybridized carbons (Fsp3) is 1.00. The van der Waals surface area contributed by atoms with E-state index in [1.807, 2.05) is 27.7 Å². The molecule has 5 heteroatoms. The van der Waals surface area contributed by atoms with Gasteiger partial charge in [0.1, 0.15) is 0 Å². The quantitative estimate of drug-likeness (QED) is 0.702. The predicted molar refractivity (Wildman–Crippen MR) is 71.3 cm³/mol. The second-order valence-corrected chi connectivity index (χ2v) is 7.69. The number of sulfonamides is 1. The van der Waals surface area contributed by atoms with Gasteiger partial charge in [-0.1, -0.05) is 34.1 Å². The highest BCUT2D eigenvalue weighted by molar-refractivity contribution is 7.89. The first kappa shape index (κ1) is 16.9. The maximum Gasteiger partial charge on any atom is 0.211 e. The molecule has 0 saturated heterocycles. The van der Waals surface area contributed by atoms with Gasteiger partial charge in [-0.05, 0) is 24.2 Å². The zero-order chi connectivity index (χ0) is 13.5. The van der Waals surface area contributed by atoms with Crippen LogP contribution in [-0.4, -0.2) is 32.4 Å². The Bertz CT molecular complexity index is 293. The molecule has 0 fully saturated rings. The SMILES string of the molecule is CC[C@H](CCO)CNS(=O)(=O)CCC(C)(C)C. The molecule has 4 nitrogen and oxygen atoms in total. The van der Waals surface area contributed by atoms with Crippen LogP contribution in [0.25, 0.3) is 0 Å². The smallest absolute Gasteiger partial charge is 0.211 e. The number of hydrogen-bond acceptors (Lipinski definition) is 3. The topological polar surface area (TPSA) is 66.4 Å². The molecular formula is C12H27NO3S. The highest BCUT2D eigenvalue weighted by atomic mass is 32.2. The van der Waals surface area contributed by atoms with E-state index in [4.69, 9.17) is 5.11 Å². The van der Waals surface area contributed by atoms with E-state index >= 15 is 0 Å². The number of hydrogen-bond donors (Lipinski definition) is 2. The second-order valence-electron chi connectivity index (χ2n) is 5.76. The molecule has 17 heavy (non-hydrogen) atoms. The van der Waals surface area contributed by atoms with Crippen molar-refractivity contribution in [3.05, 3.63) is 0 Å². The third-order valence-corrected chi connectivity index (χ3v) is 4.18. The Morgan fingerprint density at radius 1 is 1.29 bits per heavy atom. The Morgan fingerprint density at radius 2 is 1.88 bits per heavy atom. The molecule has 1 atom stereocenters. The monoisotopic (exact) mass is 265 g/mol. The van der Waals surface area contributed by atoms with Gasteiger partial charge in [0.2, 0.25) is 10.0 Å². The molecule has 0 unspecified atom stereocenters. The zero-order valence-electron chi connectivity index (χ0n) is 11.5. The van der Waals surface area contributed by atoms with Gasteiger partial charge >= 0.3 is 0 Å². The molecule has 0 aliphatic heterocycles. The molecule has 2 N–H and O–H groups in total. The van der Waals surface area contributed by atoms with Crippen molar-refractivity contribution in [1.82, 2.24) is 4.72 Å². The first-order valence-corrected chi connectivity index (χ1v) is 7.93. The molecule has 0 amide bonds. The fourth-order valence-corrected chi connectivity index (χ4v) is 2.91. The summed E-state index contributed by atoms with van der Waals surface area (Å²) in [5.74, 6) is 0.399. The third-order valence-electron chi connectivity index (χ3n) is 2.83. The molecule has 104 valence electrons. The standard InChI is InChI=1S/C12H27NO3S/c1-5-11(6-8-14)10-13-17(15,16)9-7-12(2,3)4/h11,13-14H,5-10H2,1-4H3/t11-/m1/s1. The molecule has 0 bridgehead atoms. The molecule has 0 heterocycles. The minimum absolute atomic E-state index is 0.0318. The minimum atomic E-state index is -3.17. The number of nitrogens with one attached hydrogen (secondary N) is 1. The van der Waals surface area contributed by atoms with Crippen molar-refractivity contribution in [2.24, 2.45) is 11.3 Å². The van der Waals surface area contributed by atoms with Crippen LogP contribution in [0.15, 0.2) is 0 Å².